The lowest BCUT2D eigenvalue weighted by Gasteiger charge is -2.11. The number of hydrogen-bond donors (Lipinski definition) is 1. The van der Waals surface area contributed by atoms with E-state index in [4.69, 9.17) is 5.73 Å². The van der Waals surface area contributed by atoms with Crippen molar-refractivity contribution >= 4 is 0 Å². The molecule has 0 aliphatic heterocycles. The summed E-state index contributed by atoms with van der Waals surface area (Å²) in [7, 11) is 0. The van der Waals surface area contributed by atoms with Gasteiger partial charge in [-0.15, -0.1) is 0 Å². The number of nitrogens with two attached hydrogens (primary N) is 1. The van der Waals surface area contributed by atoms with Gasteiger partial charge >= 0.3 is 0 Å². The third-order valence-electron chi connectivity index (χ3n) is 3.34. The highest BCUT2D eigenvalue weighted by atomic mass is 19.1. The molecule has 1 unspecified atom stereocenters. The molecular formula is C16H17F2N. The first-order chi connectivity index (χ1) is 9.02. The Morgan fingerprint density at radius 1 is 1.05 bits per heavy atom. The average molecular weight is 261 g/mol. The van der Waals surface area contributed by atoms with Crippen molar-refractivity contribution in [3.8, 4) is 11.1 Å². The van der Waals surface area contributed by atoms with E-state index < -0.39 is 11.6 Å². The maximum Gasteiger partial charge on any atom is 0.133 e. The largest absolute Gasteiger partial charge is 0.324 e. The topological polar surface area (TPSA) is 26.0 Å². The Bertz CT molecular complexity index is 576. The molecule has 2 rings (SSSR count). The monoisotopic (exact) mass is 261 g/mol. The highest BCUT2D eigenvalue weighted by Gasteiger charge is 2.10. The first-order valence-electron chi connectivity index (χ1n) is 6.34. The minimum absolute atomic E-state index is 0.00569. The summed E-state index contributed by atoms with van der Waals surface area (Å²) < 4.78 is 27.0. The molecule has 1 nitrogen and oxygen atoms in total. The molecule has 2 aromatic carbocycles. The van der Waals surface area contributed by atoms with Gasteiger partial charge < -0.3 is 5.73 Å². The van der Waals surface area contributed by atoms with Gasteiger partial charge in [0.25, 0.3) is 0 Å². The van der Waals surface area contributed by atoms with Crippen LogP contribution in [0.4, 0.5) is 8.78 Å². The standard InChI is InChI=1S/C16H17F2N/c1-3-16(19)12-6-4-11(5-7-12)13-8-10(2)14(17)9-15(13)18/h4-9,16H,3,19H2,1-2H3. The smallest absolute Gasteiger partial charge is 0.133 e. The fraction of sp³-hybridized carbons (Fsp3) is 0.250. The Morgan fingerprint density at radius 3 is 2.26 bits per heavy atom. The van der Waals surface area contributed by atoms with Crippen molar-refractivity contribution in [2.75, 3.05) is 0 Å². The van der Waals surface area contributed by atoms with E-state index in [9.17, 15) is 8.78 Å². The number of benzene rings is 2. The number of hydrogen-bond acceptors (Lipinski definition) is 1. The van der Waals surface area contributed by atoms with Crippen LogP contribution < -0.4 is 5.73 Å². The van der Waals surface area contributed by atoms with Crippen LogP contribution in [0.1, 0.15) is 30.5 Å². The van der Waals surface area contributed by atoms with Gasteiger partial charge in [0.15, 0.2) is 0 Å². The predicted octanol–water partition coefficient (Wildman–Crippen LogP) is 4.35. The molecule has 1 atom stereocenters. The summed E-state index contributed by atoms with van der Waals surface area (Å²) in [5, 5.41) is 0. The summed E-state index contributed by atoms with van der Waals surface area (Å²) in [6.07, 6.45) is 0.851. The zero-order chi connectivity index (χ0) is 14.0. The van der Waals surface area contributed by atoms with E-state index in [0.29, 0.717) is 11.1 Å². The highest BCUT2D eigenvalue weighted by molar-refractivity contribution is 5.65. The molecule has 100 valence electrons. The summed E-state index contributed by atoms with van der Waals surface area (Å²) in [4.78, 5) is 0. The quantitative estimate of drug-likeness (QED) is 0.873. The molecule has 19 heavy (non-hydrogen) atoms. The van der Waals surface area contributed by atoms with E-state index in [1.807, 2.05) is 31.2 Å². The molecular weight excluding hydrogens is 244 g/mol. The molecule has 0 fully saturated rings. The Labute approximate surface area is 112 Å². The van der Waals surface area contributed by atoms with Gasteiger partial charge in [-0.05, 0) is 36.1 Å². The minimum Gasteiger partial charge on any atom is -0.324 e. The summed E-state index contributed by atoms with van der Waals surface area (Å²) in [6, 6.07) is 9.87. The van der Waals surface area contributed by atoms with Crippen LogP contribution in [0.25, 0.3) is 11.1 Å². The molecule has 0 amide bonds. The van der Waals surface area contributed by atoms with Crippen LogP contribution in [-0.4, -0.2) is 0 Å². The van der Waals surface area contributed by atoms with Crippen LogP contribution in [0.3, 0.4) is 0 Å². The van der Waals surface area contributed by atoms with Gasteiger partial charge in [0.1, 0.15) is 11.6 Å². The lowest BCUT2D eigenvalue weighted by atomic mass is 9.98. The van der Waals surface area contributed by atoms with Gasteiger partial charge in [-0.3, -0.25) is 0 Å². The molecule has 0 heterocycles. The fourth-order valence-electron chi connectivity index (χ4n) is 2.02. The van der Waals surface area contributed by atoms with Crippen LogP contribution in [0, 0.1) is 18.6 Å². The summed E-state index contributed by atoms with van der Waals surface area (Å²) >= 11 is 0. The third-order valence-corrected chi connectivity index (χ3v) is 3.34. The Morgan fingerprint density at radius 2 is 1.68 bits per heavy atom. The maximum atomic E-state index is 13.8. The van der Waals surface area contributed by atoms with Gasteiger partial charge in [0.05, 0.1) is 0 Å². The highest BCUT2D eigenvalue weighted by Crippen LogP contribution is 2.27. The van der Waals surface area contributed by atoms with E-state index in [2.05, 4.69) is 0 Å². The lowest BCUT2D eigenvalue weighted by Crippen LogP contribution is -2.08. The van der Waals surface area contributed by atoms with Crippen LogP contribution in [0.2, 0.25) is 0 Å². The van der Waals surface area contributed by atoms with Gasteiger partial charge in [0, 0.05) is 17.7 Å². The molecule has 3 heteroatoms. The van der Waals surface area contributed by atoms with Crippen molar-refractivity contribution in [1.29, 1.82) is 0 Å². The van der Waals surface area contributed by atoms with E-state index >= 15 is 0 Å². The lowest BCUT2D eigenvalue weighted by molar-refractivity contribution is 0.579. The number of rotatable bonds is 3. The van der Waals surface area contributed by atoms with Crippen molar-refractivity contribution < 1.29 is 8.78 Å². The van der Waals surface area contributed by atoms with Crippen LogP contribution >= 0.6 is 0 Å². The normalized spacial score (nSPS) is 12.5. The first kappa shape index (κ1) is 13.7. The summed E-state index contributed by atoms with van der Waals surface area (Å²) in [5.74, 6) is -1.07. The Hall–Kier alpha value is -1.74. The van der Waals surface area contributed by atoms with Gasteiger partial charge in [-0.1, -0.05) is 31.2 Å². The van der Waals surface area contributed by atoms with Gasteiger partial charge in [0.2, 0.25) is 0 Å². The third kappa shape index (κ3) is 2.82. The summed E-state index contributed by atoms with van der Waals surface area (Å²) in [6.45, 7) is 3.64. The van der Waals surface area contributed by atoms with E-state index in [1.165, 1.54) is 6.07 Å². The van der Waals surface area contributed by atoms with Crippen LogP contribution in [-0.2, 0) is 0 Å². The van der Waals surface area contributed by atoms with Crippen molar-refractivity contribution in [3.63, 3.8) is 0 Å². The van der Waals surface area contributed by atoms with E-state index in [0.717, 1.165) is 23.6 Å². The zero-order valence-electron chi connectivity index (χ0n) is 11.1. The average Bonchev–Trinajstić information content (AvgIpc) is 2.42. The molecule has 2 aromatic rings. The molecule has 0 aliphatic carbocycles. The maximum absolute atomic E-state index is 13.8. The molecule has 2 N–H and O–H groups in total. The second-order valence-electron chi connectivity index (χ2n) is 4.72. The fourth-order valence-corrected chi connectivity index (χ4v) is 2.02. The molecule has 0 aliphatic rings. The van der Waals surface area contributed by atoms with Crippen LogP contribution in [0.15, 0.2) is 36.4 Å². The Kier molecular flexibility index (Phi) is 3.96. The molecule has 0 saturated heterocycles. The summed E-state index contributed by atoms with van der Waals surface area (Å²) in [5.41, 5.74) is 8.53. The molecule has 0 spiro atoms. The minimum atomic E-state index is -0.546. The molecule has 0 bridgehead atoms. The molecule has 0 aromatic heterocycles. The van der Waals surface area contributed by atoms with Gasteiger partial charge in [-0.25, -0.2) is 8.78 Å². The van der Waals surface area contributed by atoms with Crippen molar-refractivity contribution in [2.45, 2.75) is 26.3 Å². The van der Waals surface area contributed by atoms with Gasteiger partial charge in [-0.2, -0.15) is 0 Å². The van der Waals surface area contributed by atoms with Crippen LogP contribution in [0.5, 0.6) is 0 Å². The number of aryl methyl sites for hydroxylation is 1. The SMILES string of the molecule is CCC(N)c1ccc(-c2cc(C)c(F)cc2F)cc1. The predicted molar refractivity (Wildman–Crippen MR) is 73.8 cm³/mol. The first-order valence-corrected chi connectivity index (χ1v) is 6.34. The second kappa shape index (κ2) is 5.49. The van der Waals surface area contributed by atoms with Crippen molar-refractivity contribution in [1.82, 2.24) is 0 Å². The zero-order valence-corrected chi connectivity index (χ0v) is 11.1. The van der Waals surface area contributed by atoms with Crippen molar-refractivity contribution in [2.24, 2.45) is 5.73 Å². The second-order valence-corrected chi connectivity index (χ2v) is 4.72. The Balaban J connectivity index is 2.40. The molecule has 0 radical (unpaired) electrons. The van der Waals surface area contributed by atoms with E-state index in [1.54, 1.807) is 6.92 Å². The van der Waals surface area contributed by atoms with Crippen molar-refractivity contribution in [3.05, 3.63) is 59.2 Å². The molecule has 0 saturated carbocycles. The van der Waals surface area contributed by atoms with E-state index in [-0.39, 0.29) is 6.04 Å². The number of halogens is 2.